The highest BCUT2D eigenvalue weighted by molar-refractivity contribution is 6.31. The van der Waals surface area contributed by atoms with E-state index in [1.54, 1.807) is 0 Å². The van der Waals surface area contributed by atoms with Crippen molar-refractivity contribution in [1.29, 1.82) is 0 Å². The van der Waals surface area contributed by atoms with E-state index in [0.29, 0.717) is 10.9 Å². The van der Waals surface area contributed by atoms with Crippen molar-refractivity contribution in [2.45, 2.75) is 26.7 Å². The molecule has 21 heavy (non-hydrogen) atoms. The maximum absolute atomic E-state index is 12.5. The Labute approximate surface area is 138 Å². The van der Waals surface area contributed by atoms with E-state index in [2.05, 4.69) is 12.2 Å². The predicted octanol–water partition coefficient (Wildman–Crippen LogP) is 3.53. The van der Waals surface area contributed by atoms with E-state index in [1.807, 2.05) is 30.0 Å². The Morgan fingerprint density at radius 1 is 1.38 bits per heavy atom. The molecule has 0 spiro atoms. The molecule has 0 unspecified atom stereocenters. The highest BCUT2D eigenvalue weighted by atomic mass is 35.5. The number of aryl methyl sites for hydroxylation is 1. The van der Waals surface area contributed by atoms with Gasteiger partial charge < -0.3 is 10.2 Å². The van der Waals surface area contributed by atoms with Gasteiger partial charge in [0.15, 0.2) is 0 Å². The second kappa shape index (κ2) is 8.62. The molecule has 0 aliphatic carbocycles. The summed E-state index contributed by atoms with van der Waals surface area (Å²) in [7, 11) is 0. The van der Waals surface area contributed by atoms with E-state index in [4.69, 9.17) is 11.6 Å². The summed E-state index contributed by atoms with van der Waals surface area (Å²) in [5, 5.41) is 4.10. The third kappa shape index (κ3) is 4.87. The van der Waals surface area contributed by atoms with Crippen LogP contribution in [0.5, 0.6) is 0 Å². The number of benzene rings is 1. The Bertz CT molecular complexity index is 471. The quantitative estimate of drug-likeness (QED) is 0.915. The summed E-state index contributed by atoms with van der Waals surface area (Å²) in [6.45, 7) is 7.86. The van der Waals surface area contributed by atoms with Crippen molar-refractivity contribution in [2.75, 3.05) is 26.2 Å². The van der Waals surface area contributed by atoms with Gasteiger partial charge in [-0.1, -0.05) is 18.5 Å². The molecule has 118 valence electrons. The maximum atomic E-state index is 12.5. The number of amides is 1. The molecule has 2 rings (SSSR count). The average molecular weight is 331 g/mol. The molecule has 1 fully saturated rings. The number of piperidine rings is 1. The number of hydrogen-bond donors (Lipinski definition) is 1. The number of likely N-dealkylation sites (tertiary alicyclic amines) is 1. The number of halogens is 2. The summed E-state index contributed by atoms with van der Waals surface area (Å²) in [4.78, 5) is 14.4. The van der Waals surface area contributed by atoms with Crippen molar-refractivity contribution in [3.05, 3.63) is 34.3 Å². The van der Waals surface area contributed by atoms with Crippen LogP contribution in [0, 0.1) is 12.8 Å². The van der Waals surface area contributed by atoms with Crippen LogP contribution in [0.3, 0.4) is 0 Å². The molecule has 1 aromatic rings. The molecule has 1 amide bonds. The molecule has 3 nitrogen and oxygen atoms in total. The van der Waals surface area contributed by atoms with Crippen molar-refractivity contribution < 1.29 is 4.79 Å². The first-order valence-electron chi connectivity index (χ1n) is 7.38. The van der Waals surface area contributed by atoms with Gasteiger partial charge in [0.2, 0.25) is 0 Å². The van der Waals surface area contributed by atoms with Crippen molar-refractivity contribution in [2.24, 2.45) is 5.92 Å². The highest BCUT2D eigenvalue weighted by Gasteiger charge is 2.23. The summed E-state index contributed by atoms with van der Waals surface area (Å²) < 4.78 is 0. The summed E-state index contributed by atoms with van der Waals surface area (Å²) in [5.74, 6) is 0.831. The summed E-state index contributed by atoms with van der Waals surface area (Å²) in [5.41, 5.74) is 1.71. The van der Waals surface area contributed by atoms with Gasteiger partial charge in [0.25, 0.3) is 5.91 Å². The molecule has 0 saturated carbocycles. The van der Waals surface area contributed by atoms with Gasteiger partial charge in [-0.3, -0.25) is 4.79 Å². The number of carbonyl (C=O) groups excluding carboxylic acids is 1. The van der Waals surface area contributed by atoms with Crippen LogP contribution in [-0.2, 0) is 0 Å². The molecular weight excluding hydrogens is 307 g/mol. The maximum Gasteiger partial charge on any atom is 0.253 e. The molecular formula is C16H24Cl2N2O. The molecule has 1 heterocycles. The third-order valence-electron chi connectivity index (χ3n) is 3.99. The number of carbonyl (C=O) groups is 1. The Hall–Kier alpha value is -0.770. The Morgan fingerprint density at radius 2 is 2.05 bits per heavy atom. The monoisotopic (exact) mass is 330 g/mol. The van der Waals surface area contributed by atoms with Crippen molar-refractivity contribution in [3.63, 3.8) is 0 Å². The normalized spacial score (nSPS) is 15.7. The Morgan fingerprint density at radius 3 is 2.62 bits per heavy atom. The van der Waals surface area contributed by atoms with E-state index in [0.717, 1.165) is 50.1 Å². The lowest BCUT2D eigenvalue weighted by Crippen LogP contribution is -2.40. The lowest BCUT2D eigenvalue weighted by atomic mass is 9.96. The molecule has 0 atom stereocenters. The predicted molar refractivity (Wildman–Crippen MR) is 90.6 cm³/mol. The number of rotatable bonds is 4. The lowest BCUT2D eigenvalue weighted by Gasteiger charge is -2.32. The molecule has 1 N–H and O–H groups in total. The molecule has 1 saturated heterocycles. The second-order valence-electron chi connectivity index (χ2n) is 5.51. The van der Waals surface area contributed by atoms with Gasteiger partial charge in [0, 0.05) is 23.7 Å². The van der Waals surface area contributed by atoms with Crippen LogP contribution in [0.2, 0.25) is 5.02 Å². The van der Waals surface area contributed by atoms with Crippen LogP contribution in [0.25, 0.3) is 0 Å². The van der Waals surface area contributed by atoms with Crippen molar-refractivity contribution >= 4 is 29.9 Å². The first-order valence-corrected chi connectivity index (χ1v) is 7.75. The minimum atomic E-state index is 0. The zero-order valence-corrected chi connectivity index (χ0v) is 14.3. The van der Waals surface area contributed by atoms with E-state index in [1.165, 1.54) is 0 Å². The van der Waals surface area contributed by atoms with E-state index in [9.17, 15) is 4.79 Å². The molecule has 1 aromatic carbocycles. The molecule has 0 radical (unpaired) electrons. The standard InChI is InChI=1S/C16H23ClN2O.ClH/c1-3-18-11-13-6-8-19(9-7-13)16(20)14-4-5-15(17)12(2)10-14;/h4-5,10,13,18H,3,6-9,11H2,1-2H3;1H. The molecule has 0 bridgehead atoms. The molecule has 1 aliphatic heterocycles. The first-order chi connectivity index (χ1) is 9.61. The Kier molecular flexibility index (Phi) is 7.50. The smallest absolute Gasteiger partial charge is 0.253 e. The van der Waals surface area contributed by atoms with Gasteiger partial charge >= 0.3 is 0 Å². The largest absolute Gasteiger partial charge is 0.339 e. The average Bonchev–Trinajstić information content (AvgIpc) is 2.48. The van der Waals surface area contributed by atoms with E-state index in [-0.39, 0.29) is 18.3 Å². The van der Waals surface area contributed by atoms with E-state index >= 15 is 0 Å². The van der Waals surface area contributed by atoms with Gasteiger partial charge in [-0.25, -0.2) is 0 Å². The SMILES string of the molecule is CCNCC1CCN(C(=O)c2ccc(Cl)c(C)c2)CC1.Cl. The first kappa shape index (κ1) is 18.3. The van der Waals surface area contributed by atoms with Crippen LogP contribution in [0.4, 0.5) is 0 Å². The zero-order chi connectivity index (χ0) is 14.5. The Balaban J connectivity index is 0.00000220. The van der Waals surface area contributed by atoms with Gasteiger partial charge in [-0.05, 0) is 62.5 Å². The van der Waals surface area contributed by atoms with Crippen LogP contribution in [-0.4, -0.2) is 37.0 Å². The van der Waals surface area contributed by atoms with Crippen LogP contribution in [0.1, 0.15) is 35.7 Å². The zero-order valence-electron chi connectivity index (χ0n) is 12.7. The summed E-state index contributed by atoms with van der Waals surface area (Å²) in [6, 6.07) is 5.51. The molecule has 0 aromatic heterocycles. The number of nitrogens with zero attached hydrogens (tertiary/aromatic N) is 1. The van der Waals surface area contributed by atoms with Gasteiger partial charge in [0.1, 0.15) is 0 Å². The molecule has 1 aliphatic rings. The third-order valence-corrected chi connectivity index (χ3v) is 4.41. The molecule has 5 heteroatoms. The van der Waals surface area contributed by atoms with Gasteiger partial charge in [0.05, 0.1) is 0 Å². The fourth-order valence-electron chi connectivity index (χ4n) is 2.65. The van der Waals surface area contributed by atoms with Crippen LogP contribution >= 0.6 is 24.0 Å². The van der Waals surface area contributed by atoms with E-state index < -0.39 is 0 Å². The highest BCUT2D eigenvalue weighted by Crippen LogP contribution is 2.21. The van der Waals surface area contributed by atoms with Crippen molar-refractivity contribution in [3.8, 4) is 0 Å². The van der Waals surface area contributed by atoms with Crippen LogP contribution < -0.4 is 5.32 Å². The van der Waals surface area contributed by atoms with Crippen molar-refractivity contribution in [1.82, 2.24) is 10.2 Å². The fourth-order valence-corrected chi connectivity index (χ4v) is 2.77. The fraction of sp³-hybridized carbons (Fsp3) is 0.562. The minimum Gasteiger partial charge on any atom is -0.339 e. The summed E-state index contributed by atoms with van der Waals surface area (Å²) >= 11 is 6.01. The number of nitrogens with one attached hydrogen (secondary N) is 1. The van der Waals surface area contributed by atoms with Crippen LogP contribution in [0.15, 0.2) is 18.2 Å². The summed E-state index contributed by atoms with van der Waals surface area (Å²) in [6.07, 6.45) is 2.18. The lowest BCUT2D eigenvalue weighted by molar-refractivity contribution is 0.0690. The topological polar surface area (TPSA) is 32.3 Å². The van der Waals surface area contributed by atoms with Gasteiger partial charge in [-0.15, -0.1) is 12.4 Å². The minimum absolute atomic E-state index is 0. The number of hydrogen-bond acceptors (Lipinski definition) is 2. The van der Waals surface area contributed by atoms with Gasteiger partial charge in [-0.2, -0.15) is 0 Å². The second-order valence-corrected chi connectivity index (χ2v) is 5.91.